The molecule has 2 heteroatoms. The SMILES string of the molecule is CCCCN(C)c1ccccc1.Cl. The van der Waals surface area contributed by atoms with Gasteiger partial charge in [-0.05, 0) is 18.6 Å². The maximum absolute atomic E-state index is 2.30. The first-order valence-corrected chi connectivity index (χ1v) is 4.60. The minimum atomic E-state index is 0. The smallest absolute Gasteiger partial charge is 0.0363 e. The second kappa shape index (κ2) is 6.79. The number of para-hydroxylation sites is 1. The molecule has 0 aromatic heterocycles. The van der Waals surface area contributed by atoms with Crippen molar-refractivity contribution in [1.29, 1.82) is 0 Å². The van der Waals surface area contributed by atoms with Crippen molar-refractivity contribution in [3.05, 3.63) is 30.3 Å². The summed E-state index contributed by atoms with van der Waals surface area (Å²) in [7, 11) is 2.14. The summed E-state index contributed by atoms with van der Waals surface area (Å²) in [5, 5.41) is 0. The van der Waals surface area contributed by atoms with E-state index in [9.17, 15) is 0 Å². The van der Waals surface area contributed by atoms with E-state index in [2.05, 4.69) is 49.2 Å². The first-order valence-electron chi connectivity index (χ1n) is 4.60. The summed E-state index contributed by atoms with van der Waals surface area (Å²) < 4.78 is 0. The average Bonchev–Trinajstić information content (AvgIpc) is 2.15. The molecule has 0 aliphatic carbocycles. The first kappa shape index (κ1) is 12.3. The highest BCUT2D eigenvalue weighted by Crippen LogP contribution is 2.11. The van der Waals surface area contributed by atoms with Gasteiger partial charge in [-0.2, -0.15) is 0 Å². The van der Waals surface area contributed by atoms with Gasteiger partial charge in [0.2, 0.25) is 0 Å². The summed E-state index contributed by atoms with van der Waals surface area (Å²) in [4.78, 5) is 2.30. The molecule has 0 unspecified atom stereocenters. The van der Waals surface area contributed by atoms with Crippen molar-refractivity contribution in [2.45, 2.75) is 19.8 Å². The number of anilines is 1. The van der Waals surface area contributed by atoms with Crippen molar-refractivity contribution in [2.24, 2.45) is 0 Å². The molecule has 0 aliphatic heterocycles. The number of hydrogen-bond donors (Lipinski definition) is 0. The van der Waals surface area contributed by atoms with Crippen molar-refractivity contribution in [3.8, 4) is 0 Å². The third kappa shape index (κ3) is 4.18. The molecular formula is C11H18ClN. The van der Waals surface area contributed by atoms with Gasteiger partial charge in [-0.3, -0.25) is 0 Å². The number of hydrogen-bond acceptors (Lipinski definition) is 1. The molecule has 13 heavy (non-hydrogen) atoms. The summed E-state index contributed by atoms with van der Waals surface area (Å²) in [5.74, 6) is 0. The van der Waals surface area contributed by atoms with Gasteiger partial charge in [-0.25, -0.2) is 0 Å². The molecule has 1 aromatic carbocycles. The van der Waals surface area contributed by atoms with E-state index in [4.69, 9.17) is 0 Å². The Balaban J connectivity index is 0.00000144. The minimum absolute atomic E-state index is 0. The quantitative estimate of drug-likeness (QED) is 0.719. The maximum atomic E-state index is 2.30. The van der Waals surface area contributed by atoms with E-state index in [-0.39, 0.29) is 12.4 Å². The Kier molecular flexibility index (Phi) is 6.43. The standard InChI is InChI=1S/C11H17N.ClH/c1-3-4-10-12(2)11-8-6-5-7-9-11;/h5-9H,3-4,10H2,1-2H3;1H. The van der Waals surface area contributed by atoms with Crippen LogP contribution in [0.1, 0.15) is 19.8 Å². The first-order chi connectivity index (χ1) is 5.84. The van der Waals surface area contributed by atoms with Gasteiger partial charge < -0.3 is 4.90 Å². The van der Waals surface area contributed by atoms with Crippen molar-refractivity contribution in [2.75, 3.05) is 18.5 Å². The molecule has 0 fully saturated rings. The second-order valence-electron chi connectivity index (χ2n) is 3.11. The minimum Gasteiger partial charge on any atom is -0.375 e. The van der Waals surface area contributed by atoms with Crippen molar-refractivity contribution in [1.82, 2.24) is 0 Å². The molecule has 0 atom stereocenters. The number of halogens is 1. The van der Waals surface area contributed by atoms with Gasteiger partial charge in [-0.1, -0.05) is 31.5 Å². The zero-order valence-electron chi connectivity index (χ0n) is 8.36. The van der Waals surface area contributed by atoms with Crippen molar-refractivity contribution >= 4 is 18.1 Å². The Hall–Kier alpha value is -0.690. The summed E-state index contributed by atoms with van der Waals surface area (Å²) in [6, 6.07) is 10.5. The monoisotopic (exact) mass is 199 g/mol. The Morgan fingerprint density at radius 1 is 1.15 bits per heavy atom. The molecule has 1 aromatic rings. The molecule has 0 heterocycles. The second-order valence-corrected chi connectivity index (χ2v) is 3.11. The van der Waals surface area contributed by atoms with E-state index in [0.29, 0.717) is 0 Å². The zero-order valence-corrected chi connectivity index (χ0v) is 9.18. The summed E-state index contributed by atoms with van der Waals surface area (Å²) in [6.45, 7) is 3.37. The van der Waals surface area contributed by atoms with E-state index in [1.165, 1.54) is 18.5 Å². The van der Waals surface area contributed by atoms with E-state index in [1.54, 1.807) is 0 Å². The Morgan fingerprint density at radius 2 is 1.77 bits per heavy atom. The fourth-order valence-corrected chi connectivity index (χ4v) is 1.21. The summed E-state index contributed by atoms with van der Waals surface area (Å²) in [5.41, 5.74) is 1.31. The number of rotatable bonds is 4. The van der Waals surface area contributed by atoms with E-state index in [0.717, 1.165) is 6.54 Å². The van der Waals surface area contributed by atoms with Crippen LogP contribution in [0.4, 0.5) is 5.69 Å². The zero-order chi connectivity index (χ0) is 8.81. The maximum Gasteiger partial charge on any atom is 0.0363 e. The molecule has 74 valence electrons. The van der Waals surface area contributed by atoms with Gasteiger partial charge in [0, 0.05) is 19.3 Å². The summed E-state index contributed by atoms with van der Waals surface area (Å²) in [6.07, 6.45) is 2.53. The molecule has 0 aliphatic rings. The van der Waals surface area contributed by atoms with Crippen molar-refractivity contribution < 1.29 is 0 Å². The van der Waals surface area contributed by atoms with Crippen LogP contribution in [0.3, 0.4) is 0 Å². The Labute approximate surface area is 87.2 Å². The number of benzene rings is 1. The fraction of sp³-hybridized carbons (Fsp3) is 0.455. The lowest BCUT2D eigenvalue weighted by atomic mass is 10.2. The predicted octanol–water partition coefficient (Wildman–Crippen LogP) is 3.34. The molecule has 0 radical (unpaired) electrons. The molecule has 1 nitrogen and oxygen atoms in total. The lowest BCUT2D eigenvalue weighted by molar-refractivity contribution is 0.767. The molecule has 0 spiro atoms. The van der Waals surface area contributed by atoms with Gasteiger partial charge in [0.1, 0.15) is 0 Å². The predicted molar refractivity (Wildman–Crippen MR) is 61.9 cm³/mol. The van der Waals surface area contributed by atoms with Crippen LogP contribution in [0, 0.1) is 0 Å². The van der Waals surface area contributed by atoms with E-state index in [1.807, 2.05) is 0 Å². The highest BCUT2D eigenvalue weighted by Gasteiger charge is 1.96. The molecule has 0 amide bonds. The van der Waals surface area contributed by atoms with Crippen LogP contribution in [0.2, 0.25) is 0 Å². The van der Waals surface area contributed by atoms with E-state index >= 15 is 0 Å². The van der Waals surface area contributed by atoms with Crippen LogP contribution in [-0.2, 0) is 0 Å². The van der Waals surface area contributed by atoms with Gasteiger partial charge in [0.15, 0.2) is 0 Å². The van der Waals surface area contributed by atoms with E-state index < -0.39 is 0 Å². The van der Waals surface area contributed by atoms with Gasteiger partial charge in [0.25, 0.3) is 0 Å². The Bertz CT molecular complexity index is 211. The van der Waals surface area contributed by atoms with Crippen LogP contribution in [-0.4, -0.2) is 13.6 Å². The van der Waals surface area contributed by atoms with Crippen molar-refractivity contribution in [3.63, 3.8) is 0 Å². The molecule has 0 bridgehead atoms. The molecule has 0 saturated carbocycles. The third-order valence-corrected chi connectivity index (χ3v) is 2.04. The van der Waals surface area contributed by atoms with Gasteiger partial charge >= 0.3 is 0 Å². The fourth-order valence-electron chi connectivity index (χ4n) is 1.21. The molecule has 0 N–H and O–H groups in total. The third-order valence-electron chi connectivity index (χ3n) is 2.04. The van der Waals surface area contributed by atoms with Gasteiger partial charge in [-0.15, -0.1) is 12.4 Å². The average molecular weight is 200 g/mol. The number of nitrogens with zero attached hydrogens (tertiary/aromatic N) is 1. The lowest BCUT2D eigenvalue weighted by Crippen LogP contribution is -2.17. The van der Waals surface area contributed by atoms with Crippen LogP contribution in [0.15, 0.2) is 30.3 Å². The summed E-state index contributed by atoms with van der Waals surface area (Å²) >= 11 is 0. The molecular weight excluding hydrogens is 182 g/mol. The van der Waals surface area contributed by atoms with Crippen LogP contribution in [0.25, 0.3) is 0 Å². The van der Waals surface area contributed by atoms with Gasteiger partial charge in [0.05, 0.1) is 0 Å². The topological polar surface area (TPSA) is 3.24 Å². The largest absolute Gasteiger partial charge is 0.375 e. The lowest BCUT2D eigenvalue weighted by Gasteiger charge is -2.18. The van der Waals surface area contributed by atoms with Crippen LogP contribution < -0.4 is 4.90 Å². The number of unbranched alkanes of at least 4 members (excludes halogenated alkanes) is 1. The highest BCUT2D eigenvalue weighted by molar-refractivity contribution is 5.85. The normalized spacial score (nSPS) is 9.08. The highest BCUT2D eigenvalue weighted by atomic mass is 35.5. The Morgan fingerprint density at radius 3 is 2.31 bits per heavy atom. The van der Waals surface area contributed by atoms with Crippen LogP contribution in [0.5, 0.6) is 0 Å². The molecule has 0 saturated heterocycles. The van der Waals surface area contributed by atoms with Crippen LogP contribution >= 0.6 is 12.4 Å². The molecule has 1 rings (SSSR count).